The zero-order valence-electron chi connectivity index (χ0n) is 19.7. The molecule has 2 rings (SSSR count). The maximum absolute atomic E-state index is 12.5. The first kappa shape index (κ1) is 25.7. The topological polar surface area (TPSA) is 32.3 Å². The molecular weight excluding hydrogens is 388 g/mol. The molecule has 1 heterocycles. The van der Waals surface area contributed by atoms with Gasteiger partial charge in [-0.2, -0.15) is 0 Å². The molecule has 0 fully saturated rings. The lowest BCUT2D eigenvalue weighted by Gasteiger charge is -2.18. The Labute approximate surface area is 187 Å². The summed E-state index contributed by atoms with van der Waals surface area (Å²) in [5.41, 5.74) is 4.27. The first-order valence-corrected chi connectivity index (χ1v) is 11.7. The summed E-state index contributed by atoms with van der Waals surface area (Å²) in [6.07, 6.45) is 10.2. The van der Waals surface area contributed by atoms with Crippen LogP contribution >= 0.6 is 11.3 Å². The fourth-order valence-corrected chi connectivity index (χ4v) is 3.91. The third-order valence-corrected chi connectivity index (χ3v) is 5.79. The molecule has 0 bridgehead atoms. The summed E-state index contributed by atoms with van der Waals surface area (Å²) < 4.78 is 1.25. The molecule has 1 aromatic carbocycles. The molecule has 0 aliphatic carbocycles. The van der Waals surface area contributed by atoms with Crippen LogP contribution in [0.15, 0.2) is 64.7 Å². The first-order valence-electron chi connectivity index (χ1n) is 10.8. The number of benzene rings is 1. The minimum Gasteiger partial charge on any atom is -0.323 e. The van der Waals surface area contributed by atoms with Crippen LogP contribution in [-0.4, -0.2) is 18.0 Å². The van der Waals surface area contributed by atoms with Crippen molar-refractivity contribution in [1.29, 1.82) is 0 Å². The second-order valence-corrected chi connectivity index (χ2v) is 8.50. The summed E-state index contributed by atoms with van der Waals surface area (Å²) in [4.78, 5) is 14.2. The molecule has 0 saturated heterocycles. The van der Waals surface area contributed by atoms with Gasteiger partial charge >= 0.3 is 6.03 Å². The Bertz CT molecular complexity index is 887. The molecule has 0 aliphatic heterocycles. The quantitative estimate of drug-likeness (QED) is 0.446. The van der Waals surface area contributed by atoms with Crippen molar-refractivity contribution in [3.05, 3.63) is 70.3 Å². The van der Waals surface area contributed by atoms with Crippen molar-refractivity contribution in [3.63, 3.8) is 0 Å². The smallest absolute Gasteiger partial charge is 0.321 e. The highest BCUT2D eigenvalue weighted by Gasteiger charge is 2.12. The van der Waals surface area contributed by atoms with E-state index in [0.717, 1.165) is 16.8 Å². The second kappa shape index (κ2) is 13.8. The van der Waals surface area contributed by atoms with Gasteiger partial charge in [0.25, 0.3) is 0 Å². The molecule has 164 valence electrons. The molecule has 0 atom stereocenters. The number of nitrogens with one attached hydrogen (secondary N) is 1. The van der Waals surface area contributed by atoms with Crippen LogP contribution in [0.3, 0.4) is 0 Å². The van der Waals surface area contributed by atoms with Crippen LogP contribution in [0.4, 0.5) is 4.79 Å². The normalized spacial score (nSPS) is 12.4. The lowest BCUT2D eigenvalue weighted by atomic mass is 10.1. The van der Waals surface area contributed by atoms with E-state index in [1.807, 2.05) is 59.0 Å². The van der Waals surface area contributed by atoms with Crippen molar-refractivity contribution in [2.45, 2.75) is 67.3 Å². The number of amides is 2. The van der Waals surface area contributed by atoms with E-state index in [0.29, 0.717) is 6.54 Å². The highest BCUT2D eigenvalue weighted by molar-refractivity contribution is 7.17. The summed E-state index contributed by atoms with van der Waals surface area (Å²) in [6, 6.07) is 8.20. The molecule has 4 heteroatoms. The third kappa shape index (κ3) is 8.58. The van der Waals surface area contributed by atoms with Crippen LogP contribution in [0, 0.1) is 0 Å². The van der Waals surface area contributed by atoms with Crippen LogP contribution < -0.4 is 5.32 Å². The predicted molar refractivity (Wildman–Crippen MR) is 134 cm³/mol. The maximum atomic E-state index is 12.5. The van der Waals surface area contributed by atoms with Crippen LogP contribution in [-0.2, 0) is 6.54 Å². The zero-order valence-corrected chi connectivity index (χ0v) is 20.5. The van der Waals surface area contributed by atoms with Gasteiger partial charge in [0.1, 0.15) is 0 Å². The number of nitrogens with zero attached hydrogens (tertiary/aromatic N) is 1. The van der Waals surface area contributed by atoms with Gasteiger partial charge in [-0.3, -0.25) is 0 Å². The number of carbonyl (C=O) groups is 1. The first-order chi connectivity index (χ1) is 14.3. The van der Waals surface area contributed by atoms with Crippen molar-refractivity contribution >= 4 is 27.5 Å². The fourth-order valence-electron chi connectivity index (χ4n) is 2.95. The molecule has 0 aliphatic rings. The Kier molecular flexibility index (Phi) is 11.8. The average molecular weight is 427 g/mol. The minimum atomic E-state index is -0.0933. The number of allylic oxidation sites excluding steroid dienone is 6. The number of hydrogen-bond acceptors (Lipinski definition) is 2. The highest BCUT2D eigenvalue weighted by Crippen LogP contribution is 2.26. The fraction of sp³-hybridized carbons (Fsp3) is 0.423. The van der Waals surface area contributed by atoms with E-state index in [1.54, 1.807) is 16.2 Å². The summed E-state index contributed by atoms with van der Waals surface area (Å²) in [6.45, 7) is 13.0. The number of hydrogen-bond donors (Lipinski definition) is 1. The van der Waals surface area contributed by atoms with Crippen molar-refractivity contribution in [3.8, 4) is 0 Å². The number of rotatable bonds is 7. The molecule has 1 N–H and O–H groups in total. The van der Waals surface area contributed by atoms with Crippen LogP contribution in [0.25, 0.3) is 10.1 Å². The largest absolute Gasteiger partial charge is 0.323 e. The van der Waals surface area contributed by atoms with Crippen LogP contribution in [0.5, 0.6) is 0 Å². The Morgan fingerprint density at radius 1 is 1.13 bits per heavy atom. The summed E-state index contributed by atoms with van der Waals surface area (Å²) in [5, 5.41) is 6.34. The number of unbranched alkanes of at least 4 members (excludes halogenated alkanes) is 2. The molecule has 0 unspecified atom stereocenters. The molecule has 0 radical (unpaired) electrons. The van der Waals surface area contributed by atoms with E-state index in [4.69, 9.17) is 0 Å². The number of carbonyl (C=O) groups excluding carboxylic acids is 1. The molecular formula is C26H38N2OS. The van der Waals surface area contributed by atoms with Gasteiger partial charge in [-0.15, -0.1) is 11.3 Å². The monoisotopic (exact) mass is 426 g/mol. The van der Waals surface area contributed by atoms with Gasteiger partial charge in [0.2, 0.25) is 0 Å². The third-order valence-electron chi connectivity index (χ3n) is 4.78. The van der Waals surface area contributed by atoms with E-state index in [9.17, 15) is 4.79 Å². The van der Waals surface area contributed by atoms with Crippen molar-refractivity contribution in [2.24, 2.45) is 0 Å². The van der Waals surface area contributed by atoms with E-state index in [-0.39, 0.29) is 6.03 Å². The predicted octanol–water partition coefficient (Wildman–Crippen LogP) is 8.06. The van der Waals surface area contributed by atoms with Gasteiger partial charge in [0.05, 0.1) is 0 Å². The van der Waals surface area contributed by atoms with E-state index >= 15 is 0 Å². The highest BCUT2D eigenvalue weighted by atomic mass is 32.1. The number of fused-ring (bicyclic) bond motifs is 1. The SMILES string of the molecule is C/C=C/C(C)=C\C(C)=C(/C)NC(=O)N(C)Cc1csc2ccccc12.CCCCC. The Hall–Kier alpha value is -2.33. The zero-order chi connectivity index (χ0) is 22.5. The molecule has 2 amide bonds. The Morgan fingerprint density at radius 2 is 1.80 bits per heavy atom. The Balaban J connectivity index is 0.000000804. The van der Waals surface area contributed by atoms with Crippen molar-refractivity contribution in [2.75, 3.05) is 7.05 Å². The van der Waals surface area contributed by atoms with Gasteiger partial charge in [-0.1, -0.05) is 75.1 Å². The number of urea groups is 1. The Morgan fingerprint density at radius 3 is 2.40 bits per heavy atom. The van der Waals surface area contributed by atoms with Gasteiger partial charge in [-0.25, -0.2) is 4.79 Å². The average Bonchev–Trinajstić information content (AvgIpc) is 3.12. The molecule has 1 aromatic heterocycles. The van der Waals surface area contributed by atoms with Crippen LogP contribution in [0.1, 0.15) is 66.4 Å². The molecule has 3 nitrogen and oxygen atoms in total. The van der Waals surface area contributed by atoms with Gasteiger partial charge in [0.15, 0.2) is 0 Å². The summed E-state index contributed by atoms with van der Waals surface area (Å²) in [7, 11) is 1.82. The van der Waals surface area contributed by atoms with E-state index < -0.39 is 0 Å². The maximum Gasteiger partial charge on any atom is 0.321 e. The minimum absolute atomic E-state index is 0.0933. The van der Waals surface area contributed by atoms with Gasteiger partial charge in [-0.05, 0) is 55.7 Å². The van der Waals surface area contributed by atoms with Gasteiger partial charge in [0, 0.05) is 24.0 Å². The van der Waals surface area contributed by atoms with Crippen molar-refractivity contribution < 1.29 is 4.79 Å². The van der Waals surface area contributed by atoms with Crippen LogP contribution in [0.2, 0.25) is 0 Å². The standard InChI is InChI=1S/C21H26N2OS.C5H12/c1-6-9-15(2)12-16(3)17(4)22-21(24)23(5)13-18-14-25-20-11-8-7-10-19(18)20;1-3-5-4-2/h6-12,14H,13H2,1-5H3,(H,22,24);3-5H2,1-2H3/b9-6+,15-12-,17-16+;. The number of thiophene rings is 1. The summed E-state index contributed by atoms with van der Waals surface area (Å²) >= 11 is 1.72. The molecule has 0 spiro atoms. The second-order valence-electron chi connectivity index (χ2n) is 7.59. The van der Waals surface area contributed by atoms with Crippen molar-refractivity contribution in [1.82, 2.24) is 10.2 Å². The van der Waals surface area contributed by atoms with E-state index in [1.165, 1.54) is 34.9 Å². The summed E-state index contributed by atoms with van der Waals surface area (Å²) in [5.74, 6) is 0. The lowest BCUT2D eigenvalue weighted by molar-refractivity contribution is 0.210. The molecule has 2 aromatic rings. The van der Waals surface area contributed by atoms with E-state index in [2.05, 4.69) is 42.8 Å². The lowest BCUT2D eigenvalue weighted by Crippen LogP contribution is -2.36. The molecule has 0 saturated carbocycles. The molecule has 30 heavy (non-hydrogen) atoms. The van der Waals surface area contributed by atoms with Gasteiger partial charge < -0.3 is 10.2 Å².